The highest BCUT2D eigenvalue weighted by Crippen LogP contribution is 2.56. The van der Waals surface area contributed by atoms with Crippen molar-refractivity contribution < 1.29 is 0 Å². The molecule has 0 atom stereocenters. The van der Waals surface area contributed by atoms with Crippen molar-refractivity contribution in [1.82, 2.24) is 9.97 Å². The van der Waals surface area contributed by atoms with Gasteiger partial charge in [0.15, 0.2) is 5.82 Å². The Balaban J connectivity index is 1.11. The summed E-state index contributed by atoms with van der Waals surface area (Å²) in [5.41, 5.74) is 14.2. The average molecular weight is 781 g/mol. The standard InChI is InChI=1S/C57H36N2S/c1-3-18-41(19-4-1)57(42-20-5-2-6-21-42)50-28-13-11-23-44(50)45-33-32-39(35-51(45)57)52-36-53(59-56(58-52)40-31-30-37-16-7-8-17-38(37)34-40)46-24-10-9-22-43(46)48-26-15-27-49-47-25-12-14-29-54(47)60-55(48)49/h1-36H. The van der Waals surface area contributed by atoms with E-state index in [0.717, 1.165) is 39.0 Å². The van der Waals surface area contributed by atoms with Crippen molar-refractivity contribution in [2.75, 3.05) is 0 Å². The van der Waals surface area contributed by atoms with Gasteiger partial charge in [-0.1, -0.05) is 194 Å². The highest BCUT2D eigenvalue weighted by Gasteiger charge is 2.46. The van der Waals surface area contributed by atoms with Crippen LogP contribution in [0.2, 0.25) is 0 Å². The van der Waals surface area contributed by atoms with Gasteiger partial charge in [-0.15, -0.1) is 11.3 Å². The van der Waals surface area contributed by atoms with E-state index in [-0.39, 0.29) is 0 Å². The summed E-state index contributed by atoms with van der Waals surface area (Å²) in [6, 6.07) is 79.2. The maximum Gasteiger partial charge on any atom is 0.160 e. The highest BCUT2D eigenvalue weighted by atomic mass is 32.1. The van der Waals surface area contributed by atoms with E-state index >= 15 is 0 Å². The van der Waals surface area contributed by atoms with E-state index < -0.39 is 5.41 Å². The van der Waals surface area contributed by atoms with Crippen LogP contribution in [0.1, 0.15) is 22.3 Å². The second-order valence-corrected chi connectivity index (χ2v) is 16.7. The molecule has 2 nitrogen and oxygen atoms in total. The lowest BCUT2D eigenvalue weighted by molar-refractivity contribution is 0.768. The number of hydrogen-bond donors (Lipinski definition) is 0. The van der Waals surface area contributed by atoms with Gasteiger partial charge >= 0.3 is 0 Å². The van der Waals surface area contributed by atoms with Crippen LogP contribution in [0, 0.1) is 0 Å². The molecule has 2 aromatic heterocycles. The Kier molecular flexibility index (Phi) is 7.97. The molecule has 2 heterocycles. The third-order valence-electron chi connectivity index (χ3n) is 12.4. The first-order valence-corrected chi connectivity index (χ1v) is 21.3. The van der Waals surface area contributed by atoms with Crippen molar-refractivity contribution in [1.29, 1.82) is 0 Å². The summed E-state index contributed by atoms with van der Waals surface area (Å²) in [6.45, 7) is 0. The Morgan fingerprint density at radius 3 is 1.77 bits per heavy atom. The molecule has 0 bridgehead atoms. The van der Waals surface area contributed by atoms with E-state index in [0.29, 0.717) is 5.82 Å². The first-order chi connectivity index (χ1) is 29.7. The van der Waals surface area contributed by atoms with Gasteiger partial charge in [-0.25, -0.2) is 9.97 Å². The minimum absolute atomic E-state index is 0.517. The molecule has 1 aliphatic carbocycles. The second kappa shape index (κ2) is 13.8. The fourth-order valence-corrected chi connectivity index (χ4v) is 10.9. The van der Waals surface area contributed by atoms with Crippen LogP contribution < -0.4 is 0 Å². The fourth-order valence-electron chi connectivity index (χ4n) is 9.69. The third-order valence-corrected chi connectivity index (χ3v) is 13.6. The SMILES string of the molecule is c1ccc(C2(c3ccccc3)c3ccccc3-c3ccc(-c4cc(-c5ccccc5-c5cccc6c5sc5ccccc56)nc(-c5ccc6ccccc6c5)n4)cc32)cc1. The van der Waals surface area contributed by atoms with Crippen LogP contribution in [0.15, 0.2) is 218 Å². The molecule has 280 valence electrons. The van der Waals surface area contributed by atoms with E-state index in [1.165, 1.54) is 64.5 Å². The zero-order valence-corrected chi connectivity index (χ0v) is 33.4. The summed E-state index contributed by atoms with van der Waals surface area (Å²) in [5, 5.41) is 4.92. The van der Waals surface area contributed by atoms with E-state index in [1.807, 2.05) is 11.3 Å². The minimum Gasteiger partial charge on any atom is -0.228 e. The Hall–Kier alpha value is -7.46. The normalized spacial score (nSPS) is 12.8. The molecular weight excluding hydrogens is 745 g/mol. The predicted octanol–water partition coefficient (Wildman–Crippen LogP) is 15.0. The van der Waals surface area contributed by atoms with Crippen LogP contribution in [-0.4, -0.2) is 9.97 Å². The molecule has 60 heavy (non-hydrogen) atoms. The van der Waals surface area contributed by atoms with E-state index in [4.69, 9.17) is 9.97 Å². The highest BCUT2D eigenvalue weighted by molar-refractivity contribution is 7.26. The molecule has 12 rings (SSSR count). The topological polar surface area (TPSA) is 25.8 Å². The number of rotatable bonds is 6. The molecule has 1 aliphatic rings. The summed E-state index contributed by atoms with van der Waals surface area (Å²) in [4.78, 5) is 10.9. The van der Waals surface area contributed by atoms with E-state index in [1.54, 1.807) is 0 Å². The van der Waals surface area contributed by atoms with Crippen molar-refractivity contribution in [3.05, 3.63) is 241 Å². The molecule has 0 amide bonds. The quantitative estimate of drug-likeness (QED) is 0.168. The summed E-state index contributed by atoms with van der Waals surface area (Å²) in [5.74, 6) is 0.698. The smallest absolute Gasteiger partial charge is 0.160 e. The second-order valence-electron chi connectivity index (χ2n) is 15.6. The molecule has 0 fully saturated rings. The molecule has 3 heteroatoms. The molecule has 9 aromatic carbocycles. The van der Waals surface area contributed by atoms with Crippen LogP contribution >= 0.6 is 11.3 Å². The van der Waals surface area contributed by atoms with Crippen molar-refractivity contribution in [2.45, 2.75) is 5.41 Å². The number of aromatic nitrogens is 2. The van der Waals surface area contributed by atoms with Crippen LogP contribution in [0.3, 0.4) is 0 Å². The van der Waals surface area contributed by atoms with Crippen LogP contribution in [0.4, 0.5) is 0 Å². The van der Waals surface area contributed by atoms with Crippen molar-refractivity contribution in [2.24, 2.45) is 0 Å². The molecule has 0 radical (unpaired) electrons. The maximum absolute atomic E-state index is 5.45. The number of benzene rings is 9. The Morgan fingerprint density at radius 1 is 0.350 bits per heavy atom. The molecule has 0 saturated heterocycles. The average Bonchev–Trinajstić information content (AvgIpc) is 3.86. The number of fused-ring (bicyclic) bond motifs is 7. The third kappa shape index (κ3) is 5.33. The molecular formula is C57H36N2S. The zero-order chi connectivity index (χ0) is 39.6. The van der Waals surface area contributed by atoms with Gasteiger partial charge in [-0.05, 0) is 74.0 Å². The summed E-state index contributed by atoms with van der Waals surface area (Å²) in [6.07, 6.45) is 0. The molecule has 0 N–H and O–H groups in total. The van der Waals surface area contributed by atoms with Gasteiger partial charge in [-0.2, -0.15) is 0 Å². The summed E-state index contributed by atoms with van der Waals surface area (Å²) < 4.78 is 2.58. The van der Waals surface area contributed by atoms with Crippen LogP contribution in [0.5, 0.6) is 0 Å². The van der Waals surface area contributed by atoms with E-state index in [2.05, 4.69) is 218 Å². The zero-order valence-electron chi connectivity index (χ0n) is 32.6. The van der Waals surface area contributed by atoms with Gasteiger partial charge in [0.1, 0.15) is 0 Å². The summed E-state index contributed by atoms with van der Waals surface area (Å²) in [7, 11) is 0. The Bertz CT molecular complexity index is 3400. The molecule has 0 saturated carbocycles. The van der Waals surface area contributed by atoms with Gasteiger partial charge in [0.05, 0.1) is 16.8 Å². The largest absolute Gasteiger partial charge is 0.228 e. The fraction of sp³-hybridized carbons (Fsp3) is 0.0175. The first-order valence-electron chi connectivity index (χ1n) is 20.5. The maximum atomic E-state index is 5.45. The lowest BCUT2D eigenvalue weighted by Crippen LogP contribution is -2.28. The molecule has 0 aliphatic heterocycles. The predicted molar refractivity (Wildman–Crippen MR) is 251 cm³/mol. The van der Waals surface area contributed by atoms with E-state index in [9.17, 15) is 0 Å². The number of thiophene rings is 1. The van der Waals surface area contributed by atoms with Gasteiger partial charge in [-0.3, -0.25) is 0 Å². The van der Waals surface area contributed by atoms with Crippen LogP contribution in [-0.2, 0) is 5.41 Å². The van der Waals surface area contributed by atoms with Crippen molar-refractivity contribution in [3.63, 3.8) is 0 Å². The first kappa shape index (κ1) is 34.6. The molecule has 0 unspecified atom stereocenters. The van der Waals surface area contributed by atoms with Gasteiger partial charge < -0.3 is 0 Å². The monoisotopic (exact) mass is 780 g/mol. The number of nitrogens with zero attached hydrogens (tertiary/aromatic N) is 2. The van der Waals surface area contributed by atoms with Gasteiger partial charge in [0.2, 0.25) is 0 Å². The summed E-state index contributed by atoms with van der Waals surface area (Å²) >= 11 is 1.86. The Morgan fingerprint density at radius 2 is 0.950 bits per heavy atom. The molecule has 11 aromatic rings. The lowest BCUT2D eigenvalue weighted by Gasteiger charge is -2.34. The van der Waals surface area contributed by atoms with Gasteiger partial charge in [0.25, 0.3) is 0 Å². The number of hydrogen-bond acceptors (Lipinski definition) is 3. The van der Waals surface area contributed by atoms with Crippen LogP contribution in [0.25, 0.3) is 87.1 Å². The lowest BCUT2D eigenvalue weighted by atomic mass is 9.67. The Labute approximate surface area is 352 Å². The minimum atomic E-state index is -0.517. The van der Waals surface area contributed by atoms with Crippen molar-refractivity contribution >= 4 is 42.3 Å². The van der Waals surface area contributed by atoms with Gasteiger partial charge in [0, 0.05) is 42.4 Å². The molecule has 0 spiro atoms. The van der Waals surface area contributed by atoms with Crippen molar-refractivity contribution in [3.8, 4) is 56.2 Å².